The van der Waals surface area contributed by atoms with Crippen molar-refractivity contribution < 1.29 is 9.53 Å². The van der Waals surface area contributed by atoms with E-state index in [1.807, 2.05) is 24.3 Å². The maximum atomic E-state index is 10.9. The lowest BCUT2D eigenvalue weighted by molar-refractivity contribution is -0.114. The van der Waals surface area contributed by atoms with Crippen molar-refractivity contribution in [2.24, 2.45) is 0 Å². The lowest BCUT2D eigenvalue weighted by Gasteiger charge is -2.05. The molecule has 21 heavy (non-hydrogen) atoms. The summed E-state index contributed by atoms with van der Waals surface area (Å²) in [6.07, 6.45) is 0.722. The smallest absolute Gasteiger partial charge is 0.221 e. The van der Waals surface area contributed by atoms with Crippen molar-refractivity contribution in [2.45, 2.75) is 19.9 Å². The van der Waals surface area contributed by atoms with Crippen LogP contribution in [-0.2, 0) is 22.5 Å². The topological polar surface area (TPSA) is 76.1 Å². The Kier molecular flexibility index (Phi) is 5.65. The maximum absolute atomic E-state index is 10.9. The third-order valence-corrected chi connectivity index (χ3v) is 3.43. The molecule has 0 aliphatic rings. The predicted molar refractivity (Wildman–Crippen MR) is 83.6 cm³/mol. The van der Waals surface area contributed by atoms with E-state index >= 15 is 0 Å². The summed E-state index contributed by atoms with van der Waals surface area (Å²) in [6.45, 7) is 2.78. The molecule has 0 saturated carbocycles. The molecule has 2 aromatic rings. The molecule has 0 aliphatic heterocycles. The number of hydrogen-bond acceptors (Lipinski definition) is 6. The average molecular weight is 306 g/mol. The summed E-state index contributed by atoms with van der Waals surface area (Å²) >= 11 is 1.35. The molecule has 0 fully saturated rings. The average Bonchev–Trinajstić information content (AvgIpc) is 2.92. The fourth-order valence-corrected chi connectivity index (χ4v) is 2.31. The molecule has 0 radical (unpaired) electrons. The van der Waals surface area contributed by atoms with Crippen LogP contribution in [0.2, 0.25) is 0 Å². The molecule has 0 spiro atoms. The van der Waals surface area contributed by atoms with E-state index in [-0.39, 0.29) is 5.91 Å². The van der Waals surface area contributed by atoms with Gasteiger partial charge in [0.15, 0.2) is 0 Å². The van der Waals surface area contributed by atoms with E-state index in [2.05, 4.69) is 20.0 Å². The molecule has 2 rings (SSSR count). The van der Waals surface area contributed by atoms with Gasteiger partial charge in [0.1, 0.15) is 5.82 Å². The van der Waals surface area contributed by atoms with Crippen molar-refractivity contribution in [3.05, 3.63) is 35.7 Å². The Morgan fingerprint density at radius 1 is 1.33 bits per heavy atom. The molecule has 0 saturated heterocycles. The first kappa shape index (κ1) is 15.4. The number of methoxy groups -OCH3 is 1. The summed E-state index contributed by atoms with van der Waals surface area (Å²) in [5.41, 5.74) is 1.90. The van der Waals surface area contributed by atoms with Crippen LogP contribution in [0.15, 0.2) is 24.3 Å². The molecule has 1 aromatic heterocycles. The number of hydrogen-bond donors (Lipinski definition) is 2. The number of nitrogens with zero attached hydrogens (tertiary/aromatic N) is 2. The Hall–Kier alpha value is -1.99. The minimum absolute atomic E-state index is 0.0710. The second-order valence-corrected chi connectivity index (χ2v) is 5.24. The molecule has 6 nitrogen and oxygen atoms in total. The highest BCUT2D eigenvalue weighted by Gasteiger charge is 2.03. The third kappa shape index (κ3) is 5.13. The Balaban J connectivity index is 1.84. The van der Waals surface area contributed by atoms with Gasteiger partial charge in [-0.25, -0.2) is 4.98 Å². The number of aromatic nitrogens is 2. The van der Waals surface area contributed by atoms with Crippen LogP contribution >= 0.6 is 11.5 Å². The van der Waals surface area contributed by atoms with E-state index < -0.39 is 0 Å². The van der Waals surface area contributed by atoms with Crippen LogP contribution in [0.5, 0.6) is 0 Å². The van der Waals surface area contributed by atoms with E-state index in [4.69, 9.17) is 4.74 Å². The first-order valence-electron chi connectivity index (χ1n) is 6.59. The van der Waals surface area contributed by atoms with Gasteiger partial charge in [-0.15, -0.1) is 0 Å². The molecule has 0 bridgehead atoms. The molecular formula is C14H18N4O2S. The van der Waals surface area contributed by atoms with Gasteiger partial charge in [0.2, 0.25) is 11.0 Å². The minimum atomic E-state index is -0.0710. The zero-order valence-electron chi connectivity index (χ0n) is 12.0. The lowest BCUT2D eigenvalue weighted by Crippen LogP contribution is -2.06. The second-order valence-electron chi connectivity index (χ2n) is 4.49. The van der Waals surface area contributed by atoms with Crippen molar-refractivity contribution in [3.8, 4) is 0 Å². The van der Waals surface area contributed by atoms with Gasteiger partial charge >= 0.3 is 0 Å². The van der Waals surface area contributed by atoms with E-state index in [1.54, 1.807) is 7.11 Å². The van der Waals surface area contributed by atoms with Crippen LogP contribution < -0.4 is 10.6 Å². The van der Waals surface area contributed by atoms with E-state index in [9.17, 15) is 4.79 Å². The fourth-order valence-electron chi connectivity index (χ4n) is 1.71. The predicted octanol–water partition coefficient (Wildman–Crippen LogP) is 2.30. The van der Waals surface area contributed by atoms with Gasteiger partial charge in [-0.2, -0.15) is 4.37 Å². The van der Waals surface area contributed by atoms with Gasteiger partial charge in [-0.05, 0) is 17.7 Å². The standard InChI is InChI=1S/C14H18N4O2S/c1-10(19)16-12-5-3-11(4-6-12)9-15-14-17-13(18-21-14)7-8-20-2/h3-6H,7-9H2,1-2H3,(H,16,19)(H,15,17,18). The monoisotopic (exact) mass is 306 g/mol. The highest BCUT2D eigenvalue weighted by molar-refractivity contribution is 7.09. The van der Waals surface area contributed by atoms with Crippen molar-refractivity contribution in [1.29, 1.82) is 0 Å². The third-order valence-electron chi connectivity index (χ3n) is 2.72. The molecule has 2 N–H and O–H groups in total. The summed E-state index contributed by atoms with van der Waals surface area (Å²) in [6, 6.07) is 7.68. The largest absolute Gasteiger partial charge is 0.384 e. The van der Waals surface area contributed by atoms with Crippen LogP contribution in [0.3, 0.4) is 0 Å². The van der Waals surface area contributed by atoms with Crippen molar-refractivity contribution in [2.75, 3.05) is 24.4 Å². The number of nitrogens with one attached hydrogen (secondary N) is 2. The summed E-state index contributed by atoms with van der Waals surface area (Å²) in [5, 5.41) is 6.77. The van der Waals surface area contributed by atoms with Gasteiger partial charge in [-0.1, -0.05) is 12.1 Å². The van der Waals surface area contributed by atoms with Crippen LogP contribution in [0.25, 0.3) is 0 Å². The van der Waals surface area contributed by atoms with Gasteiger partial charge in [0.25, 0.3) is 0 Å². The summed E-state index contributed by atoms with van der Waals surface area (Å²) in [7, 11) is 1.66. The number of ether oxygens (including phenoxy) is 1. The molecule has 1 aromatic carbocycles. The molecule has 1 amide bonds. The number of amides is 1. The molecular weight excluding hydrogens is 288 g/mol. The first-order valence-corrected chi connectivity index (χ1v) is 7.36. The number of carbonyl (C=O) groups is 1. The van der Waals surface area contributed by atoms with E-state index in [0.29, 0.717) is 13.2 Å². The first-order chi connectivity index (χ1) is 10.2. The van der Waals surface area contributed by atoms with Crippen LogP contribution in [0.4, 0.5) is 10.8 Å². The number of anilines is 2. The zero-order valence-corrected chi connectivity index (χ0v) is 12.9. The van der Waals surface area contributed by atoms with E-state index in [0.717, 1.165) is 28.6 Å². The van der Waals surface area contributed by atoms with Gasteiger partial charge in [-0.3, -0.25) is 4.79 Å². The molecule has 0 unspecified atom stereocenters. The Labute approximate surface area is 127 Å². The van der Waals surface area contributed by atoms with Gasteiger partial charge in [0, 0.05) is 44.2 Å². The Morgan fingerprint density at radius 3 is 2.76 bits per heavy atom. The second kappa shape index (κ2) is 7.70. The number of rotatable bonds is 7. The van der Waals surface area contributed by atoms with Gasteiger partial charge in [0.05, 0.1) is 6.61 Å². The van der Waals surface area contributed by atoms with Crippen LogP contribution in [0, 0.1) is 0 Å². The molecule has 112 valence electrons. The quantitative estimate of drug-likeness (QED) is 0.821. The minimum Gasteiger partial charge on any atom is -0.384 e. The summed E-state index contributed by atoms with van der Waals surface area (Å²) in [5.74, 6) is 0.726. The van der Waals surface area contributed by atoms with E-state index in [1.165, 1.54) is 18.5 Å². The van der Waals surface area contributed by atoms with Crippen LogP contribution in [-0.4, -0.2) is 29.0 Å². The van der Waals surface area contributed by atoms with Crippen molar-refractivity contribution in [1.82, 2.24) is 9.36 Å². The molecule has 0 aliphatic carbocycles. The molecule has 7 heteroatoms. The summed E-state index contributed by atoms with van der Waals surface area (Å²) in [4.78, 5) is 15.3. The highest BCUT2D eigenvalue weighted by atomic mass is 32.1. The normalized spacial score (nSPS) is 10.4. The molecule has 0 atom stereocenters. The fraction of sp³-hybridized carbons (Fsp3) is 0.357. The maximum Gasteiger partial charge on any atom is 0.221 e. The van der Waals surface area contributed by atoms with Crippen LogP contribution in [0.1, 0.15) is 18.3 Å². The van der Waals surface area contributed by atoms with Crippen molar-refractivity contribution in [3.63, 3.8) is 0 Å². The Morgan fingerprint density at radius 2 is 2.10 bits per heavy atom. The Bertz CT molecular complexity index is 583. The van der Waals surface area contributed by atoms with Gasteiger partial charge < -0.3 is 15.4 Å². The van der Waals surface area contributed by atoms with Crippen molar-refractivity contribution >= 4 is 28.3 Å². The SMILES string of the molecule is COCCc1nsc(NCc2ccc(NC(C)=O)cc2)n1. The molecule has 1 heterocycles. The number of carbonyl (C=O) groups excluding carboxylic acids is 1. The zero-order chi connectivity index (χ0) is 15.1. The number of benzene rings is 1. The lowest BCUT2D eigenvalue weighted by atomic mass is 10.2. The highest BCUT2D eigenvalue weighted by Crippen LogP contribution is 2.14. The summed E-state index contributed by atoms with van der Waals surface area (Å²) < 4.78 is 9.25.